The lowest BCUT2D eigenvalue weighted by Gasteiger charge is -2.13. The van der Waals surface area contributed by atoms with E-state index in [-0.39, 0.29) is 17.2 Å². The summed E-state index contributed by atoms with van der Waals surface area (Å²) in [5.74, 6) is -0.267. The molecule has 1 amide bonds. The van der Waals surface area contributed by atoms with Crippen LogP contribution in [0.15, 0.2) is 96.4 Å². The number of H-pyrrole nitrogens is 1. The normalized spacial score (nSPS) is 11.1. The van der Waals surface area contributed by atoms with Crippen LogP contribution in [0.2, 0.25) is 0 Å². The summed E-state index contributed by atoms with van der Waals surface area (Å²) >= 11 is 0. The summed E-state index contributed by atoms with van der Waals surface area (Å²) in [5.41, 5.74) is 3.72. The number of carbonyl (C=O) groups excluding carboxylic acids is 1. The number of nitrogens with zero attached hydrogens (tertiary/aromatic N) is 3. The second kappa shape index (κ2) is 10.7. The third-order valence-electron chi connectivity index (χ3n) is 4.99. The number of hydrogen-bond donors (Lipinski definition) is 3. The maximum absolute atomic E-state index is 12.8. The predicted molar refractivity (Wildman–Crippen MR) is 131 cm³/mol. The molecule has 9 heteroatoms. The van der Waals surface area contributed by atoms with Gasteiger partial charge in [0.05, 0.1) is 11.3 Å². The first-order chi connectivity index (χ1) is 16.6. The van der Waals surface area contributed by atoms with Crippen LogP contribution in [0.5, 0.6) is 0 Å². The molecule has 0 aliphatic rings. The zero-order valence-corrected chi connectivity index (χ0v) is 18.1. The number of carbonyl (C=O) groups is 1. The SMILES string of the molecule is O=C(NC(=NCCc1cnc[nH]1)Nc1cccc(-c2ccccc2)c1)c1cccc([N+](=O)[O-])c1. The van der Waals surface area contributed by atoms with Crippen LogP contribution < -0.4 is 10.6 Å². The second-order valence-corrected chi connectivity index (χ2v) is 7.39. The number of rotatable bonds is 7. The lowest BCUT2D eigenvalue weighted by Crippen LogP contribution is -2.36. The van der Waals surface area contributed by atoms with E-state index in [2.05, 4.69) is 25.6 Å². The number of aliphatic imine (C=N–C) groups is 1. The Morgan fingerprint density at radius 1 is 1.00 bits per heavy atom. The van der Waals surface area contributed by atoms with Crippen LogP contribution in [0.1, 0.15) is 16.1 Å². The molecule has 0 atom stereocenters. The van der Waals surface area contributed by atoms with E-state index >= 15 is 0 Å². The fourth-order valence-electron chi connectivity index (χ4n) is 3.30. The Kier molecular flexibility index (Phi) is 7.04. The van der Waals surface area contributed by atoms with Gasteiger partial charge in [-0.3, -0.25) is 25.2 Å². The maximum atomic E-state index is 12.8. The van der Waals surface area contributed by atoms with Crippen LogP contribution in [0.3, 0.4) is 0 Å². The van der Waals surface area contributed by atoms with Crippen molar-refractivity contribution in [2.75, 3.05) is 11.9 Å². The summed E-state index contributed by atoms with van der Waals surface area (Å²) in [7, 11) is 0. The van der Waals surface area contributed by atoms with Crippen LogP contribution >= 0.6 is 0 Å². The van der Waals surface area contributed by atoms with Crippen molar-refractivity contribution < 1.29 is 9.72 Å². The van der Waals surface area contributed by atoms with Gasteiger partial charge in [-0.05, 0) is 29.3 Å². The molecular formula is C25H22N6O3. The lowest BCUT2D eigenvalue weighted by atomic mass is 10.1. The van der Waals surface area contributed by atoms with E-state index in [0.29, 0.717) is 13.0 Å². The Bertz CT molecular complexity index is 1300. The number of guanidine groups is 1. The number of amides is 1. The van der Waals surface area contributed by atoms with Crippen molar-refractivity contribution in [3.8, 4) is 11.1 Å². The van der Waals surface area contributed by atoms with Gasteiger partial charge in [-0.25, -0.2) is 4.98 Å². The van der Waals surface area contributed by atoms with Gasteiger partial charge >= 0.3 is 0 Å². The van der Waals surface area contributed by atoms with Crippen LogP contribution in [-0.4, -0.2) is 33.3 Å². The fraction of sp³-hybridized carbons (Fsp3) is 0.0800. The van der Waals surface area contributed by atoms with Gasteiger partial charge in [0.1, 0.15) is 0 Å². The van der Waals surface area contributed by atoms with Gasteiger partial charge in [-0.2, -0.15) is 0 Å². The molecule has 170 valence electrons. The minimum atomic E-state index is -0.538. The quantitative estimate of drug-likeness (QED) is 0.165. The van der Waals surface area contributed by atoms with E-state index < -0.39 is 10.8 Å². The monoisotopic (exact) mass is 454 g/mol. The third kappa shape index (κ3) is 5.92. The first-order valence-electron chi connectivity index (χ1n) is 10.6. The number of benzene rings is 3. The molecule has 9 nitrogen and oxygen atoms in total. The minimum absolute atomic E-state index is 0.158. The number of aromatic amines is 1. The summed E-state index contributed by atoms with van der Waals surface area (Å²) in [4.78, 5) is 34.9. The number of anilines is 1. The number of nitrogens with one attached hydrogen (secondary N) is 3. The number of hydrogen-bond acceptors (Lipinski definition) is 5. The highest BCUT2D eigenvalue weighted by atomic mass is 16.6. The highest BCUT2D eigenvalue weighted by Crippen LogP contribution is 2.22. The average molecular weight is 454 g/mol. The molecule has 0 fully saturated rings. The molecule has 0 radical (unpaired) electrons. The molecule has 0 spiro atoms. The molecule has 34 heavy (non-hydrogen) atoms. The smallest absolute Gasteiger partial charge is 0.270 e. The van der Waals surface area contributed by atoms with Crippen molar-refractivity contribution in [3.05, 3.63) is 113 Å². The molecular weight excluding hydrogens is 432 g/mol. The van der Waals surface area contributed by atoms with Crippen molar-refractivity contribution in [3.63, 3.8) is 0 Å². The number of aromatic nitrogens is 2. The summed E-state index contributed by atoms with van der Waals surface area (Å²) in [6.07, 6.45) is 3.91. The van der Waals surface area contributed by atoms with Crippen molar-refractivity contribution in [2.24, 2.45) is 4.99 Å². The molecule has 4 aromatic rings. The van der Waals surface area contributed by atoms with E-state index in [1.165, 1.54) is 24.3 Å². The molecule has 0 saturated carbocycles. The largest absolute Gasteiger partial charge is 0.348 e. The molecule has 0 bridgehead atoms. The van der Waals surface area contributed by atoms with Gasteiger partial charge < -0.3 is 10.3 Å². The summed E-state index contributed by atoms with van der Waals surface area (Å²) in [6, 6.07) is 23.2. The maximum Gasteiger partial charge on any atom is 0.270 e. The highest BCUT2D eigenvalue weighted by Gasteiger charge is 2.14. The Morgan fingerprint density at radius 3 is 2.56 bits per heavy atom. The summed E-state index contributed by atoms with van der Waals surface area (Å²) in [5, 5.41) is 17.0. The lowest BCUT2D eigenvalue weighted by molar-refractivity contribution is -0.384. The Balaban J connectivity index is 1.55. The molecule has 1 heterocycles. The van der Waals surface area contributed by atoms with Gasteiger partial charge in [0, 0.05) is 48.2 Å². The van der Waals surface area contributed by atoms with E-state index in [4.69, 9.17) is 0 Å². The first kappa shape index (κ1) is 22.4. The van der Waals surface area contributed by atoms with E-state index in [1.807, 2.05) is 54.6 Å². The van der Waals surface area contributed by atoms with Gasteiger partial charge in [0.25, 0.3) is 11.6 Å². The highest BCUT2D eigenvalue weighted by molar-refractivity contribution is 6.10. The van der Waals surface area contributed by atoms with E-state index in [9.17, 15) is 14.9 Å². The van der Waals surface area contributed by atoms with Gasteiger partial charge in [0.2, 0.25) is 5.96 Å². The Morgan fingerprint density at radius 2 is 1.79 bits per heavy atom. The molecule has 1 aromatic heterocycles. The van der Waals surface area contributed by atoms with Crippen LogP contribution in [-0.2, 0) is 6.42 Å². The number of imidazole rings is 1. The summed E-state index contributed by atoms with van der Waals surface area (Å²) in [6.45, 7) is 0.387. The topological polar surface area (TPSA) is 125 Å². The zero-order valence-electron chi connectivity index (χ0n) is 18.1. The third-order valence-corrected chi connectivity index (χ3v) is 4.99. The fourth-order valence-corrected chi connectivity index (χ4v) is 3.30. The van der Waals surface area contributed by atoms with Crippen molar-refractivity contribution in [1.29, 1.82) is 0 Å². The minimum Gasteiger partial charge on any atom is -0.348 e. The van der Waals surface area contributed by atoms with Crippen molar-refractivity contribution in [1.82, 2.24) is 15.3 Å². The molecule has 3 N–H and O–H groups in total. The molecule has 3 aromatic carbocycles. The molecule has 4 rings (SSSR count). The standard InChI is InChI=1S/C25H22N6O3/c32-24(20-9-5-11-23(15-20)31(33)34)30-25(27-13-12-22-16-26-17-28-22)29-21-10-4-8-19(14-21)18-6-2-1-3-7-18/h1-11,14-17H,12-13H2,(H,26,28)(H2,27,29,30,32). The Hall–Kier alpha value is -4.79. The molecule has 0 saturated heterocycles. The van der Waals surface area contributed by atoms with Crippen LogP contribution in [0.25, 0.3) is 11.1 Å². The number of non-ortho nitro benzene ring substituents is 1. The zero-order chi connectivity index (χ0) is 23.8. The average Bonchev–Trinajstić information content (AvgIpc) is 3.38. The number of nitro groups is 1. The number of nitro benzene ring substituents is 1. The second-order valence-electron chi connectivity index (χ2n) is 7.39. The van der Waals surface area contributed by atoms with Crippen molar-refractivity contribution >= 4 is 23.2 Å². The van der Waals surface area contributed by atoms with E-state index in [0.717, 1.165) is 22.5 Å². The predicted octanol–water partition coefficient (Wildman–Crippen LogP) is 4.43. The molecule has 0 unspecified atom stereocenters. The molecule has 0 aliphatic carbocycles. The van der Waals surface area contributed by atoms with Crippen LogP contribution in [0.4, 0.5) is 11.4 Å². The van der Waals surface area contributed by atoms with Crippen LogP contribution in [0, 0.1) is 10.1 Å². The van der Waals surface area contributed by atoms with Gasteiger partial charge in [0.15, 0.2) is 0 Å². The summed E-state index contributed by atoms with van der Waals surface area (Å²) < 4.78 is 0. The van der Waals surface area contributed by atoms with Crippen molar-refractivity contribution in [2.45, 2.75) is 6.42 Å². The molecule has 0 aliphatic heterocycles. The first-order valence-corrected chi connectivity index (χ1v) is 10.6. The van der Waals surface area contributed by atoms with Gasteiger partial charge in [-0.1, -0.05) is 48.5 Å². The Labute approximate surface area is 195 Å². The van der Waals surface area contributed by atoms with E-state index in [1.54, 1.807) is 12.5 Å². The van der Waals surface area contributed by atoms with Gasteiger partial charge in [-0.15, -0.1) is 0 Å².